The van der Waals surface area contributed by atoms with Gasteiger partial charge >= 0.3 is 0 Å². The lowest BCUT2D eigenvalue weighted by molar-refractivity contribution is 0.510. The molecule has 1 heterocycles. The summed E-state index contributed by atoms with van der Waals surface area (Å²) in [5.41, 5.74) is 1.01. The normalized spacial score (nSPS) is 13.6. The van der Waals surface area contributed by atoms with Gasteiger partial charge in [-0.2, -0.15) is 0 Å². The first kappa shape index (κ1) is 14.1. The quantitative estimate of drug-likeness (QED) is 0.818. The van der Waals surface area contributed by atoms with E-state index in [9.17, 15) is 8.42 Å². The fourth-order valence-corrected chi connectivity index (χ4v) is 2.23. The smallest absolute Gasteiger partial charge is 0.147 e. The van der Waals surface area contributed by atoms with E-state index in [2.05, 4.69) is 15.3 Å². The highest BCUT2D eigenvalue weighted by molar-refractivity contribution is 7.90. The third-order valence-electron chi connectivity index (χ3n) is 2.47. The van der Waals surface area contributed by atoms with E-state index < -0.39 is 9.84 Å². The van der Waals surface area contributed by atoms with Crippen molar-refractivity contribution in [3.8, 4) is 0 Å². The van der Waals surface area contributed by atoms with Crippen LogP contribution in [0.1, 0.15) is 30.3 Å². The molecule has 96 valence electrons. The molecule has 0 bridgehead atoms. The topological polar surface area (TPSA) is 72.0 Å². The zero-order chi connectivity index (χ0) is 12.9. The van der Waals surface area contributed by atoms with Gasteiger partial charge in [0.15, 0.2) is 0 Å². The van der Waals surface area contributed by atoms with Crippen LogP contribution in [0.2, 0.25) is 0 Å². The molecule has 0 saturated heterocycles. The van der Waals surface area contributed by atoms with Crippen LogP contribution in [0.5, 0.6) is 0 Å². The standard InChI is InChI=1S/C11H19N3O2S/c1-9-7-13-11(14-8-9)10(12-2)5-4-6-17(3,15)16/h7-8,10,12H,4-6H2,1-3H3. The van der Waals surface area contributed by atoms with Crippen LogP contribution < -0.4 is 5.32 Å². The molecule has 1 unspecified atom stereocenters. The fourth-order valence-electron chi connectivity index (χ4n) is 1.53. The highest BCUT2D eigenvalue weighted by Crippen LogP contribution is 2.14. The lowest BCUT2D eigenvalue weighted by Gasteiger charge is -2.14. The summed E-state index contributed by atoms with van der Waals surface area (Å²) in [5, 5.41) is 3.10. The average molecular weight is 257 g/mol. The van der Waals surface area contributed by atoms with Gasteiger partial charge in [0.25, 0.3) is 0 Å². The maximum Gasteiger partial charge on any atom is 0.147 e. The summed E-state index contributed by atoms with van der Waals surface area (Å²) < 4.78 is 22.1. The SMILES string of the molecule is CNC(CCCS(C)(=O)=O)c1ncc(C)cn1. The predicted octanol–water partition coefficient (Wildman–Crippen LogP) is 0.870. The largest absolute Gasteiger partial charge is 0.310 e. The van der Waals surface area contributed by atoms with Gasteiger partial charge in [0, 0.05) is 24.4 Å². The second-order valence-electron chi connectivity index (χ2n) is 4.23. The van der Waals surface area contributed by atoms with Gasteiger partial charge in [-0.15, -0.1) is 0 Å². The Kier molecular flexibility index (Phi) is 5.02. The van der Waals surface area contributed by atoms with Gasteiger partial charge in [-0.1, -0.05) is 0 Å². The minimum atomic E-state index is -2.89. The molecule has 6 heteroatoms. The molecule has 0 aliphatic heterocycles. The zero-order valence-electron chi connectivity index (χ0n) is 10.5. The van der Waals surface area contributed by atoms with Crippen molar-refractivity contribution in [2.75, 3.05) is 19.1 Å². The summed E-state index contributed by atoms with van der Waals surface area (Å²) in [7, 11) is -1.06. The molecule has 0 radical (unpaired) electrons. The van der Waals surface area contributed by atoms with Crippen LogP contribution >= 0.6 is 0 Å². The van der Waals surface area contributed by atoms with E-state index in [1.165, 1.54) is 6.26 Å². The Morgan fingerprint density at radius 1 is 1.35 bits per heavy atom. The number of aromatic nitrogens is 2. The van der Waals surface area contributed by atoms with Crippen LogP contribution in [0, 0.1) is 6.92 Å². The van der Waals surface area contributed by atoms with Gasteiger partial charge in [-0.3, -0.25) is 0 Å². The molecule has 1 N–H and O–H groups in total. The van der Waals surface area contributed by atoms with Crippen LogP contribution in [0.25, 0.3) is 0 Å². The average Bonchev–Trinajstić information content (AvgIpc) is 2.24. The van der Waals surface area contributed by atoms with Crippen molar-refractivity contribution >= 4 is 9.84 Å². The molecule has 17 heavy (non-hydrogen) atoms. The number of nitrogens with zero attached hydrogens (tertiary/aromatic N) is 2. The fraction of sp³-hybridized carbons (Fsp3) is 0.636. The maximum atomic E-state index is 11.0. The molecule has 0 amide bonds. The molecule has 1 aromatic rings. The molecule has 1 rings (SSSR count). The zero-order valence-corrected chi connectivity index (χ0v) is 11.3. The number of hydrogen-bond donors (Lipinski definition) is 1. The summed E-state index contributed by atoms with van der Waals surface area (Å²) >= 11 is 0. The number of sulfone groups is 1. The molecule has 0 aliphatic carbocycles. The number of hydrogen-bond acceptors (Lipinski definition) is 5. The van der Waals surface area contributed by atoms with Crippen LogP contribution in [-0.4, -0.2) is 37.4 Å². The monoisotopic (exact) mass is 257 g/mol. The molecule has 0 aromatic carbocycles. The molecule has 0 spiro atoms. The van der Waals surface area contributed by atoms with Crippen LogP contribution in [0.15, 0.2) is 12.4 Å². The Balaban J connectivity index is 2.57. The van der Waals surface area contributed by atoms with E-state index in [1.807, 2.05) is 14.0 Å². The van der Waals surface area contributed by atoms with Crippen molar-refractivity contribution < 1.29 is 8.42 Å². The molecular weight excluding hydrogens is 238 g/mol. The first-order valence-electron chi connectivity index (χ1n) is 5.56. The van der Waals surface area contributed by atoms with Crippen LogP contribution in [-0.2, 0) is 9.84 Å². The molecule has 1 atom stereocenters. The lowest BCUT2D eigenvalue weighted by Crippen LogP contribution is -2.20. The number of aryl methyl sites for hydroxylation is 1. The van der Waals surface area contributed by atoms with Crippen molar-refractivity contribution in [1.82, 2.24) is 15.3 Å². The Morgan fingerprint density at radius 2 is 1.94 bits per heavy atom. The minimum Gasteiger partial charge on any atom is -0.310 e. The van der Waals surface area contributed by atoms with Gasteiger partial charge in [0.1, 0.15) is 15.7 Å². The lowest BCUT2D eigenvalue weighted by atomic mass is 10.1. The van der Waals surface area contributed by atoms with Gasteiger partial charge < -0.3 is 5.32 Å². The van der Waals surface area contributed by atoms with Gasteiger partial charge in [0.05, 0.1) is 6.04 Å². The van der Waals surface area contributed by atoms with Crippen molar-refractivity contribution in [3.05, 3.63) is 23.8 Å². The van der Waals surface area contributed by atoms with Crippen molar-refractivity contribution in [1.29, 1.82) is 0 Å². The van der Waals surface area contributed by atoms with Crippen LogP contribution in [0.3, 0.4) is 0 Å². The highest BCUT2D eigenvalue weighted by atomic mass is 32.2. The summed E-state index contributed by atoms with van der Waals surface area (Å²) in [6, 6.07) is 0.0114. The van der Waals surface area contributed by atoms with E-state index in [-0.39, 0.29) is 11.8 Å². The maximum absolute atomic E-state index is 11.0. The third kappa shape index (κ3) is 5.23. The molecule has 0 saturated carbocycles. The minimum absolute atomic E-state index is 0.0114. The first-order valence-corrected chi connectivity index (χ1v) is 7.62. The van der Waals surface area contributed by atoms with Crippen molar-refractivity contribution in [2.45, 2.75) is 25.8 Å². The van der Waals surface area contributed by atoms with E-state index in [1.54, 1.807) is 12.4 Å². The second kappa shape index (κ2) is 6.07. The summed E-state index contributed by atoms with van der Waals surface area (Å²) in [6.07, 6.45) is 6.12. The Bertz CT molecular complexity index is 442. The molecule has 5 nitrogen and oxygen atoms in total. The molecular formula is C11H19N3O2S. The van der Waals surface area contributed by atoms with E-state index in [0.717, 1.165) is 5.56 Å². The van der Waals surface area contributed by atoms with Crippen molar-refractivity contribution in [2.24, 2.45) is 0 Å². The number of nitrogens with one attached hydrogen (secondary N) is 1. The number of rotatable bonds is 6. The predicted molar refractivity (Wildman–Crippen MR) is 67.5 cm³/mol. The summed E-state index contributed by atoms with van der Waals surface area (Å²) in [5.74, 6) is 0.920. The van der Waals surface area contributed by atoms with E-state index in [0.29, 0.717) is 18.7 Å². The van der Waals surface area contributed by atoms with Gasteiger partial charge in [-0.25, -0.2) is 18.4 Å². The third-order valence-corrected chi connectivity index (χ3v) is 3.50. The van der Waals surface area contributed by atoms with Gasteiger partial charge in [0.2, 0.25) is 0 Å². The van der Waals surface area contributed by atoms with E-state index >= 15 is 0 Å². The van der Waals surface area contributed by atoms with E-state index in [4.69, 9.17) is 0 Å². The highest BCUT2D eigenvalue weighted by Gasteiger charge is 2.13. The Hall–Kier alpha value is -1.01. The van der Waals surface area contributed by atoms with Crippen LogP contribution in [0.4, 0.5) is 0 Å². The Morgan fingerprint density at radius 3 is 2.41 bits per heavy atom. The second-order valence-corrected chi connectivity index (χ2v) is 6.49. The Labute approximate surface area is 103 Å². The summed E-state index contributed by atoms with van der Waals surface area (Å²) in [4.78, 5) is 8.48. The summed E-state index contributed by atoms with van der Waals surface area (Å²) in [6.45, 7) is 1.93. The van der Waals surface area contributed by atoms with Gasteiger partial charge in [-0.05, 0) is 32.4 Å². The molecule has 0 fully saturated rings. The van der Waals surface area contributed by atoms with Crippen molar-refractivity contribution in [3.63, 3.8) is 0 Å². The first-order chi connectivity index (χ1) is 7.92. The molecule has 1 aromatic heterocycles. The molecule has 0 aliphatic rings.